The van der Waals surface area contributed by atoms with E-state index in [9.17, 15) is 0 Å². The fourth-order valence-electron chi connectivity index (χ4n) is 1.50. The largest absolute Gasteiger partial charge is 0.379 e. The monoisotopic (exact) mass is 228 g/mol. The molecule has 84 valence electrons. The van der Waals surface area contributed by atoms with E-state index in [-0.39, 0.29) is 6.10 Å². The molecule has 15 heavy (non-hydrogen) atoms. The van der Waals surface area contributed by atoms with E-state index >= 15 is 0 Å². The van der Waals surface area contributed by atoms with Crippen molar-refractivity contribution in [2.45, 2.75) is 25.7 Å². The zero-order valence-corrected chi connectivity index (χ0v) is 9.68. The molecule has 1 unspecified atom stereocenters. The number of rotatable bonds is 5. The Labute approximate surface area is 93.6 Å². The Morgan fingerprint density at radius 3 is 3.40 bits per heavy atom. The van der Waals surface area contributed by atoms with Crippen molar-refractivity contribution >= 4 is 11.3 Å². The van der Waals surface area contributed by atoms with E-state index in [1.165, 1.54) is 0 Å². The first-order valence-corrected chi connectivity index (χ1v) is 6.03. The summed E-state index contributed by atoms with van der Waals surface area (Å²) in [6, 6.07) is 0. The molecule has 4 nitrogen and oxygen atoms in total. The highest BCUT2D eigenvalue weighted by molar-refractivity contribution is 7.09. The van der Waals surface area contributed by atoms with Gasteiger partial charge in [0, 0.05) is 18.5 Å². The number of hydrogen-bond donors (Lipinski definition) is 1. The van der Waals surface area contributed by atoms with E-state index in [1.807, 2.05) is 7.05 Å². The lowest BCUT2D eigenvalue weighted by atomic mass is 10.3. The number of aromatic nitrogens is 1. The first-order valence-electron chi connectivity index (χ1n) is 5.15. The Morgan fingerprint density at radius 1 is 1.73 bits per heavy atom. The van der Waals surface area contributed by atoms with E-state index in [1.54, 1.807) is 11.3 Å². The highest BCUT2D eigenvalue weighted by atomic mass is 32.1. The fourth-order valence-corrected chi connectivity index (χ4v) is 2.29. The third kappa shape index (κ3) is 3.24. The SMILES string of the molecule is CNCc1nc(COC2CCOC2)cs1. The summed E-state index contributed by atoms with van der Waals surface area (Å²) >= 11 is 1.67. The van der Waals surface area contributed by atoms with Crippen LogP contribution in [-0.4, -0.2) is 31.3 Å². The molecule has 5 heteroatoms. The minimum Gasteiger partial charge on any atom is -0.379 e. The van der Waals surface area contributed by atoms with Gasteiger partial charge in [-0.2, -0.15) is 0 Å². The Morgan fingerprint density at radius 2 is 2.67 bits per heavy atom. The predicted molar refractivity (Wildman–Crippen MR) is 58.9 cm³/mol. The quantitative estimate of drug-likeness (QED) is 0.821. The van der Waals surface area contributed by atoms with Gasteiger partial charge in [0.1, 0.15) is 5.01 Å². The lowest BCUT2D eigenvalue weighted by molar-refractivity contribution is 0.0303. The van der Waals surface area contributed by atoms with Crippen LogP contribution in [0.4, 0.5) is 0 Å². The minimum atomic E-state index is 0.263. The third-order valence-corrected chi connectivity index (χ3v) is 3.18. The molecule has 2 heterocycles. The molecule has 1 N–H and O–H groups in total. The van der Waals surface area contributed by atoms with Crippen molar-refractivity contribution in [2.24, 2.45) is 0 Å². The van der Waals surface area contributed by atoms with E-state index < -0.39 is 0 Å². The summed E-state index contributed by atoms with van der Waals surface area (Å²) in [5.41, 5.74) is 1.03. The normalized spacial score (nSPS) is 21.0. The van der Waals surface area contributed by atoms with Crippen LogP contribution in [0.15, 0.2) is 5.38 Å². The van der Waals surface area contributed by atoms with Gasteiger partial charge in [0.2, 0.25) is 0 Å². The molecule has 0 spiro atoms. The molecule has 1 aliphatic heterocycles. The topological polar surface area (TPSA) is 43.4 Å². The second-order valence-corrected chi connectivity index (χ2v) is 4.50. The van der Waals surface area contributed by atoms with Gasteiger partial charge in [-0.15, -0.1) is 11.3 Å². The molecule has 1 aliphatic rings. The Balaban J connectivity index is 1.77. The van der Waals surface area contributed by atoms with Crippen molar-refractivity contribution in [3.63, 3.8) is 0 Å². The van der Waals surface area contributed by atoms with Crippen LogP contribution in [0.3, 0.4) is 0 Å². The molecular formula is C10H16N2O2S. The number of nitrogens with zero attached hydrogens (tertiary/aromatic N) is 1. The van der Waals surface area contributed by atoms with Gasteiger partial charge in [-0.25, -0.2) is 4.98 Å². The number of hydrogen-bond acceptors (Lipinski definition) is 5. The number of ether oxygens (including phenoxy) is 2. The molecule has 0 amide bonds. The molecular weight excluding hydrogens is 212 g/mol. The van der Waals surface area contributed by atoms with Crippen molar-refractivity contribution in [1.82, 2.24) is 10.3 Å². The summed E-state index contributed by atoms with van der Waals surface area (Å²) in [4.78, 5) is 4.45. The molecule has 2 rings (SSSR count). The van der Waals surface area contributed by atoms with Gasteiger partial charge in [-0.1, -0.05) is 0 Å². The lowest BCUT2D eigenvalue weighted by Gasteiger charge is -2.07. The second-order valence-electron chi connectivity index (χ2n) is 3.56. The third-order valence-electron chi connectivity index (χ3n) is 2.28. The molecule has 1 aromatic heterocycles. The molecule has 1 aromatic rings. The van der Waals surface area contributed by atoms with Crippen molar-refractivity contribution in [3.8, 4) is 0 Å². The maximum atomic E-state index is 5.68. The zero-order valence-electron chi connectivity index (χ0n) is 8.86. The molecule has 0 radical (unpaired) electrons. The molecule has 1 fully saturated rings. The molecule has 0 bridgehead atoms. The molecule has 0 aromatic carbocycles. The van der Waals surface area contributed by atoms with E-state index in [0.29, 0.717) is 6.61 Å². The van der Waals surface area contributed by atoms with E-state index in [0.717, 1.165) is 36.9 Å². The summed E-state index contributed by atoms with van der Waals surface area (Å²) < 4.78 is 10.9. The Bertz CT molecular complexity index is 297. The smallest absolute Gasteiger partial charge is 0.107 e. The molecule has 0 saturated carbocycles. The van der Waals surface area contributed by atoms with Gasteiger partial charge in [0.15, 0.2) is 0 Å². The van der Waals surface area contributed by atoms with Gasteiger partial charge < -0.3 is 14.8 Å². The average Bonchev–Trinajstić information content (AvgIpc) is 2.85. The first-order chi connectivity index (χ1) is 7.38. The van der Waals surface area contributed by atoms with Gasteiger partial charge in [-0.05, 0) is 13.5 Å². The Hall–Kier alpha value is -0.490. The van der Waals surface area contributed by atoms with Gasteiger partial charge in [-0.3, -0.25) is 0 Å². The summed E-state index contributed by atoms with van der Waals surface area (Å²) in [5.74, 6) is 0. The van der Waals surface area contributed by atoms with Crippen molar-refractivity contribution < 1.29 is 9.47 Å². The molecule has 0 aliphatic carbocycles. The van der Waals surface area contributed by atoms with Crippen molar-refractivity contribution in [1.29, 1.82) is 0 Å². The molecule has 1 atom stereocenters. The van der Waals surface area contributed by atoms with Crippen LogP contribution in [-0.2, 0) is 22.6 Å². The average molecular weight is 228 g/mol. The Kier molecular flexibility index (Phi) is 4.08. The van der Waals surface area contributed by atoms with Crippen LogP contribution >= 0.6 is 11.3 Å². The van der Waals surface area contributed by atoms with Crippen LogP contribution in [0.1, 0.15) is 17.1 Å². The zero-order chi connectivity index (χ0) is 10.5. The van der Waals surface area contributed by atoms with Crippen LogP contribution in [0.5, 0.6) is 0 Å². The summed E-state index contributed by atoms with van der Waals surface area (Å²) in [6.45, 7) is 2.99. The van der Waals surface area contributed by atoms with E-state index in [4.69, 9.17) is 9.47 Å². The summed E-state index contributed by atoms with van der Waals surface area (Å²) in [7, 11) is 1.92. The van der Waals surface area contributed by atoms with Gasteiger partial charge >= 0.3 is 0 Å². The second kappa shape index (κ2) is 5.55. The summed E-state index contributed by atoms with van der Waals surface area (Å²) in [6.07, 6.45) is 1.27. The highest BCUT2D eigenvalue weighted by Crippen LogP contribution is 2.14. The number of thiazole rings is 1. The van der Waals surface area contributed by atoms with Crippen LogP contribution < -0.4 is 5.32 Å². The standard InChI is InChI=1S/C10H16N2O2S/c1-11-4-10-12-8(7-15-10)5-14-9-2-3-13-6-9/h7,9,11H,2-6H2,1H3. The minimum absolute atomic E-state index is 0.263. The predicted octanol–water partition coefficient (Wildman–Crippen LogP) is 1.17. The van der Waals surface area contributed by atoms with E-state index in [2.05, 4.69) is 15.7 Å². The number of nitrogens with one attached hydrogen (secondary N) is 1. The lowest BCUT2D eigenvalue weighted by Crippen LogP contribution is -2.12. The van der Waals surface area contributed by atoms with Crippen molar-refractivity contribution in [3.05, 3.63) is 16.1 Å². The van der Waals surface area contributed by atoms with Crippen LogP contribution in [0.2, 0.25) is 0 Å². The first kappa shape index (κ1) is 11.0. The summed E-state index contributed by atoms with van der Waals surface area (Å²) in [5, 5.41) is 6.25. The van der Waals surface area contributed by atoms with Gasteiger partial charge in [0.25, 0.3) is 0 Å². The van der Waals surface area contributed by atoms with Crippen LogP contribution in [0.25, 0.3) is 0 Å². The maximum absolute atomic E-state index is 5.68. The van der Waals surface area contributed by atoms with Crippen molar-refractivity contribution in [2.75, 3.05) is 20.3 Å². The maximum Gasteiger partial charge on any atom is 0.107 e. The fraction of sp³-hybridized carbons (Fsp3) is 0.700. The molecule has 1 saturated heterocycles. The van der Waals surface area contributed by atoms with Gasteiger partial charge in [0.05, 0.1) is 25.0 Å². The van der Waals surface area contributed by atoms with Crippen LogP contribution in [0, 0.1) is 0 Å². The highest BCUT2D eigenvalue weighted by Gasteiger charge is 2.16.